The molecule has 0 saturated carbocycles. The number of hydrogen-bond donors (Lipinski definition) is 1. The summed E-state index contributed by atoms with van der Waals surface area (Å²) in [5.41, 5.74) is 1.75. The van der Waals surface area contributed by atoms with E-state index in [2.05, 4.69) is 32.0 Å². The van der Waals surface area contributed by atoms with Gasteiger partial charge in [0.15, 0.2) is 22.4 Å². The Morgan fingerprint density at radius 2 is 2.10 bits per heavy atom. The van der Waals surface area contributed by atoms with E-state index in [-0.39, 0.29) is 11.9 Å². The van der Waals surface area contributed by atoms with Gasteiger partial charge in [-0.1, -0.05) is 41.7 Å². The van der Waals surface area contributed by atoms with Crippen molar-refractivity contribution in [3.05, 3.63) is 41.7 Å². The number of nitrogens with zero attached hydrogens (tertiary/aromatic N) is 5. The zero-order valence-corrected chi connectivity index (χ0v) is 19.0. The highest BCUT2D eigenvalue weighted by molar-refractivity contribution is 7.22. The highest BCUT2D eigenvalue weighted by atomic mass is 32.1. The molecule has 31 heavy (non-hydrogen) atoms. The Morgan fingerprint density at radius 3 is 2.84 bits per heavy atom. The molecule has 3 heterocycles. The molecular formula is C22H28N6O2S. The third-order valence-electron chi connectivity index (χ3n) is 5.49. The molecule has 1 aliphatic heterocycles. The molecule has 4 rings (SSSR count). The topological polar surface area (TPSA) is 83.5 Å². The monoisotopic (exact) mass is 440 g/mol. The van der Waals surface area contributed by atoms with Gasteiger partial charge in [0.25, 0.3) is 0 Å². The standard InChI is InChI=1S/C22H28N6O2S/c1-4-27(2)20-18-19(24-17(25-20)14-30-3)26-22(31-18)28-12-8-11-16(28)21(29)23-13-15-9-6-5-7-10-15/h5-7,9-10,16H,4,8,11-14H2,1-3H3,(H,23,29)/t16-/m1/s1. The molecule has 0 spiro atoms. The molecule has 1 aliphatic rings. The van der Waals surface area contributed by atoms with E-state index >= 15 is 0 Å². The van der Waals surface area contributed by atoms with Gasteiger partial charge in [-0.3, -0.25) is 4.79 Å². The molecule has 164 valence electrons. The second kappa shape index (κ2) is 9.57. The van der Waals surface area contributed by atoms with Crippen LogP contribution in [-0.2, 0) is 22.7 Å². The molecule has 1 aromatic carbocycles. The number of carbonyl (C=O) groups is 1. The van der Waals surface area contributed by atoms with Gasteiger partial charge in [0, 0.05) is 33.8 Å². The molecule has 1 fully saturated rings. The minimum Gasteiger partial charge on any atom is -0.377 e. The van der Waals surface area contributed by atoms with Crippen molar-refractivity contribution >= 4 is 38.5 Å². The summed E-state index contributed by atoms with van der Waals surface area (Å²) in [5, 5.41) is 3.90. The Kier molecular flexibility index (Phi) is 6.62. The molecule has 8 nitrogen and oxygen atoms in total. The average Bonchev–Trinajstić information content (AvgIpc) is 3.44. The van der Waals surface area contributed by atoms with Gasteiger partial charge < -0.3 is 19.9 Å². The first kappa shape index (κ1) is 21.5. The molecule has 1 saturated heterocycles. The average molecular weight is 441 g/mol. The van der Waals surface area contributed by atoms with Crippen LogP contribution in [0.25, 0.3) is 10.3 Å². The molecular weight excluding hydrogens is 412 g/mol. The molecule has 1 atom stereocenters. The summed E-state index contributed by atoms with van der Waals surface area (Å²) >= 11 is 1.55. The molecule has 0 bridgehead atoms. The van der Waals surface area contributed by atoms with Gasteiger partial charge in [-0.2, -0.15) is 4.98 Å². The van der Waals surface area contributed by atoms with E-state index in [4.69, 9.17) is 9.72 Å². The molecule has 2 aromatic heterocycles. The van der Waals surface area contributed by atoms with Gasteiger partial charge >= 0.3 is 0 Å². The second-order valence-corrected chi connectivity index (χ2v) is 8.59. The first-order valence-electron chi connectivity index (χ1n) is 10.6. The minimum atomic E-state index is -0.219. The highest BCUT2D eigenvalue weighted by Crippen LogP contribution is 2.36. The van der Waals surface area contributed by atoms with Crippen LogP contribution in [0.15, 0.2) is 30.3 Å². The van der Waals surface area contributed by atoms with E-state index in [0.29, 0.717) is 24.6 Å². The number of thiazole rings is 1. The molecule has 0 unspecified atom stereocenters. The van der Waals surface area contributed by atoms with Crippen molar-refractivity contribution in [3.8, 4) is 0 Å². The van der Waals surface area contributed by atoms with Gasteiger partial charge in [-0.15, -0.1) is 0 Å². The third-order valence-corrected chi connectivity index (χ3v) is 6.57. The van der Waals surface area contributed by atoms with E-state index in [0.717, 1.165) is 47.1 Å². The van der Waals surface area contributed by atoms with Gasteiger partial charge in [0.1, 0.15) is 17.3 Å². The smallest absolute Gasteiger partial charge is 0.243 e. The van der Waals surface area contributed by atoms with Crippen LogP contribution in [0.3, 0.4) is 0 Å². The third kappa shape index (κ3) is 4.62. The number of hydrogen-bond acceptors (Lipinski definition) is 8. The van der Waals surface area contributed by atoms with Crippen LogP contribution in [-0.4, -0.2) is 54.1 Å². The van der Waals surface area contributed by atoms with Crippen LogP contribution in [0, 0.1) is 0 Å². The minimum absolute atomic E-state index is 0.0395. The number of nitrogens with one attached hydrogen (secondary N) is 1. The van der Waals surface area contributed by atoms with E-state index in [9.17, 15) is 4.79 Å². The van der Waals surface area contributed by atoms with Crippen molar-refractivity contribution in [2.45, 2.75) is 39.0 Å². The quantitative estimate of drug-likeness (QED) is 0.576. The SMILES string of the molecule is CCN(C)c1nc(COC)nc2nc(N3CCC[C@@H]3C(=O)NCc3ccccc3)sc12. The molecule has 3 aromatic rings. The lowest BCUT2D eigenvalue weighted by molar-refractivity contribution is -0.122. The first-order valence-corrected chi connectivity index (χ1v) is 11.4. The highest BCUT2D eigenvalue weighted by Gasteiger charge is 2.33. The van der Waals surface area contributed by atoms with E-state index in [1.54, 1.807) is 18.4 Å². The number of fused-ring (bicyclic) bond motifs is 1. The number of anilines is 2. The van der Waals surface area contributed by atoms with Crippen LogP contribution in [0.5, 0.6) is 0 Å². The lowest BCUT2D eigenvalue weighted by Crippen LogP contribution is -2.43. The Bertz CT molecular complexity index is 1040. The second-order valence-electron chi connectivity index (χ2n) is 7.61. The molecule has 0 aliphatic carbocycles. The van der Waals surface area contributed by atoms with Crippen molar-refractivity contribution in [1.29, 1.82) is 0 Å². The summed E-state index contributed by atoms with van der Waals surface area (Å²) in [7, 11) is 3.64. The number of aromatic nitrogens is 3. The number of rotatable bonds is 8. The van der Waals surface area contributed by atoms with Crippen LogP contribution in [0.4, 0.5) is 10.9 Å². The van der Waals surface area contributed by atoms with E-state index < -0.39 is 0 Å². The Hall–Kier alpha value is -2.78. The maximum atomic E-state index is 12.9. The predicted octanol–water partition coefficient (Wildman–Crippen LogP) is 2.97. The fraction of sp³-hybridized carbons (Fsp3) is 0.455. The fourth-order valence-corrected chi connectivity index (χ4v) is 4.86. The first-order chi connectivity index (χ1) is 15.1. The normalized spacial score (nSPS) is 16.1. The van der Waals surface area contributed by atoms with Crippen LogP contribution in [0.1, 0.15) is 31.2 Å². The maximum Gasteiger partial charge on any atom is 0.243 e. The summed E-state index contributed by atoms with van der Waals surface area (Å²) in [4.78, 5) is 31.2. The molecule has 1 N–H and O–H groups in total. The van der Waals surface area contributed by atoms with Crippen molar-refractivity contribution in [2.24, 2.45) is 0 Å². The fourth-order valence-electron chi connectivity index (χ4n) is 3.74. The largest absolute Gasteiger partial charge is 0.377 e. The zero-order valence-electron chi connectivity index (χ0n) is 18.2. The summed E-state index contributed by atoms with van der Waals surface area (Å²) in [6.07, 6.45) is 1.78. The Morgan fingerprint density at radius 1 is 1.29 bits per heavy atom. The predicted molar refractivity (Wildman–Crippen MR) is 124 cm³/mol. The molecule has 1 amide bonds. The van der Waals surface area contributed by atoms with Crippen LogP contribution in [0.2, 0.25) is 0 Å². The number of benzene rings is 1. The van der Waals surface area contributed by atoms with Crippen molar-refractivity contribution in [1.82, 2.24) is 20.3 Å². The number of carbonyl (C=O) groups excluding carboxylic acids is 1. The van der Waals surface area contributed by atoms with Crippen LogP contribution >= 0.6 is 11.3 Å². The Balaban J connectivity index is 1.58. The van der Waals surface area contributed by atoms with Gasteiger partial charge in [0.05, 0.1) is 0 Å². The van der Waals surface area contributed by atoms with Crippen molar-refractivity contribution < 1.29 is 9.53 Å². The lowest BCUT2D eigenvalue weighted by atomic mass is 10.2. The van der Waals surface area contributed by atoms with Crippen LogP contribution < -0.4 is 15.1 Å². The Labute approximate surface area is 186 Å². The van der Waals surface area contributed by atoms with E-state index in [1.807, 2.05) is 37.4 Å². The lowest BCUT2D eigenvalue weighted by Gasteiger charge is -2.23. The molecule has 0 radical (unpaired) electrons. The summed E-state index contributed by atoms with van der Waals surface area (Å²) in [5.74, 6) is 1.51. The summed E-state index contributed by atoms with van der Waals surface area (Å²) < 4.78 is 6.17. The maximum absolute atomic E-state index is 12.9. The van der Waals surface area contributed by atoms with Gasteiger partial charge in [0.2, 0.25) is 5.91 Å². The van der Waals surface area contributed by atoms with Crippen molar-refractivity contribution in [3.63, 3.8) is 0 Å². The van der Waals surface area contributed by atoms with E-state index in [1.165, 1.54) is 0 Å². The molecule has 9 heteroatoms. The van der Waals surface area contributed by atoms with Gasteiger partial charge in [-0.05, 0) is 25.3 Å². The zero-order chi connectivity index (χ0) is 21.8. The van der Waals surface area contributed by atoms with Gasteiger partial charge in [-0.25, -0.2) is 9.97 Å². The number of ether oxygens (including phenoxy) is 1. The summed E-state index contributed by atoms with van der Waals surface area (Å²) in [6.45, 7) is 4.57. The summed E-state index contributed by atoms with van der Waals surface area (Å²) in [6, 6.07) is 9.75. The number of methoxy groups -OCH3 is 1. The number of amides is 1. The van der Waals surface area contributed by atoms with Crippen molar-refractivity contribution in [2.75, 3.05) is 37.0 Å².